The summed E-state index contributed by atoms with van der Waals surface area (Å²) in [6.45, 7) is 3.61. The van der Waals surface area contributed by atoms with Gasteiger partial charge < -0.3 is 14.2 Å². The minimum atomic E-state index is -0.0245. The monoisotopic (exact) mass is 384 g/mol. The smallest absolute Gasteiger partial charge is 0.255 e. The van der Waals surface area contributed by atoms with Crippen LogP contribution in [0.4, 0.5) is 0 Å². The zero-order chi connectivity index (χ0) is 19.0. The number of fused-ring (bicyclic) bond motifs is 1. The maximum Gasteiger partial charge on any atom is 0.255 e. The summed E-state index contributed by atoms with van der Waals surface area (Å²) in [4.78, 5) is 14.7. The highest BCUT2D eigenvalue weighted by molar-refractivity contribution is 6.30. The standard InChI is InChI=1S/C20H21ClN4O2/c1-14-10-24(20(26)16-8-18(21)23(2)11-16)12-17-9-19(22-25(14)17)27-13-15-6-4-3-5-7-15/h3-9,11,14H,10,12-13H2,1-2H3/t14-/m0/s1. The second-order valence-electron chi connectivity index (χ2n) is 6.89. The molecule has 7 heteroatoms. The molecule has 0 N–H and O–H groups in total. The minimum absolute atomic E-state index is 0.0245. The molecule has 140 valence electrons. The highest BCUT2D eigenvalue weighted by Gasteiger charge is 2.28. The van der Waals surface area contributed by atoms with Crippen molar-refractivity contribution in [2.45, 2.75) is 26.1 Å². The number of carbonyl (C=O) groups excluding carboxylic acids is 1. The first-order valence-electron chi connectivity index (χ1n) is 8.87. The number of aromatic nitrogens is 3. The second-order valence-corrected chi connectivity index (χ2v) is 7.28. The lowest BCUT2D eigenvalue weighted by Gasteiger charge is -2.31. The van der Waals surface area contributed by atoms with Crippen molar-refractivity contribution in [3.05, 3.63) is 70.6 Å². The van der Waals surface area contributed by atoms with Crippen LogP contribution in [0.15, 0.2) is 48.7 Å². The molecule has 0 bridgehead atoms. The van der Waals surface area contributed by atoms with Crippen LogP contribution in [0.25, 0.3) is 0 Å². The van der Waals surface area contributed by atoms with E-state index in [9.17, 15) is 4.79 Å². The number of aryl methyl sites for hydroxylation is 1. The van der Waals surface area contributed by atoms with Crippen LogP contribution in [-0.2, 0) is 20.2 Å². The fourth-order valence-corrected chi connectivity index (χ4v) is 3.52. The average molecular weight is 385 g/mol. The molecule has 0 aliphatic carbocycles. The van der Waals surface area contributed by atoms with Gasteiger partial charge in [0.05, 0.1) is 23.8 Å². The van der Waals surface area contributed by atoms with Gasteiger partial charge in [-0.2, -0.15) is 0 Å². The number of ether oxygens (including phenoxy) is 1. The lowest BCUT2D eigenvalue weighted by atomic mass is 10.2. The van der Waals surface area contributed by atoms with Gasteiger partial charge in [-0.05, 0) is 18.6 Å². The van der Waals surface area contributed by atoms with Crippen molar-refractivity contribution in [3.63, 3.8) is 0 Å². The zero-order valence-corrected chi connectivity index (χ0v) is 16.1. The molecular weight excluding hydrogens is 364 g/mol. The van der Waals surface area contributed by atoms with Crippen LogP contribution in [0.5, 0.6) is 5.88 Å². The van der Waals surface area contributed by atoms with Crippen molar-refractivity contribution >= 4 is 17.5 Å². The van der Waals surface area contributed by atoms with Gasteiger partial charge in [0.1, 0.15) is 11.8 Å². The number of halogens is 1. The summed E-state index contributed by atoms with van der Waals surface area (Å²) >= 11 is 6.07. The predicted octanol–water partition coefficient (Wildman–Crippen LogP) is 3.67. The Morgan fingerprint density at radius 3 is 2.78 bits per heavy atom. The van der Waals surface area contributed by atoms with E-state index in [0.717, 1.165) is 11.3 Å². The van der Waals surface area contributed by atoms with Crippen LogP contribution in [0.3, 0.4) is 0 Å². The first kappa shape index (κ1) is 17.7. The maximum absolute atomic E-state index is 12.8. The third kappa shape index (κ3) is 3.57. The summed E-state index contributed by atoms with van der Waals surface area (Å²) in [7, 11) is 1.82. The van der Waals surface area contributed by atoms with Gasteiger partial charge in [-0.3, -0.25) is 9.48 Å². The van der Waals surface area contributed by atoms with Gasteiger partial charge in [-0.15, -0.1) is 5.10 Å². The fourth-order valence-electron chi connectivity index (χ4n) is 3.36. The topological polar surface area (TPSA) is 52.3 Å². The SMILES string of the molecule is C[C@H]1CN(C(=O)c2cc(Cl)n(C)c2)Cc2cc(OCc3ccccc3)nn21. The van der Waals surface area contributed by atoms with Crippen LogP contribution >= 0.6 is 11.6 Å². The van der Waals surface area contributed by atoms with Crippen LogP contribution in [0.1, 0.15) is 34.6 Å². The molecule has 1 aliphatic rings. The van der Waals surface area contributed by atoms with E-state index >= 15 is 0 Å². The predicted molar refractivity (Wildman–Crippen MR) is 103 cm³/mol. The number of hydrogen-bond acceptors (Lipinski definition) is 3. The normalized spacial score (nSPS) is 16.3. The number of rotatable bonds is 4. The van der Waals surface area contributed by atoms with Gasteiger partial charge in [0.15, 0.2) is 0 Å². The largest absolute Gasteiger partial charge is 0.472 e. The average Bonchev–Trinajstić information content (AvgIpc) is 3.24. The number of benzene rings is 1. The van der Waals surface area contributed by atoms with Gasteiger partial charge >= 0.3 is 0 Å². The molecule has 1 aliphatic heterocycles. The third-order valence-electron chi connectivity index (χ3n) is 4.75. The van der Waals surface area contributed by atoms with Crippen LogP contribution < -0.4 is 4.74 Å². The van der Waals surface area contributed by atoms with Crippen molar-refractivity contribution in [3.8, 4) is 5.88 Å². The van der Waals surface area contributed by atoms with Crippen molar-refractivity contribution in [2.75, 3.05) is 6.54 Å². The van der Waals surface area contributed by atoms with E-state index in [1.165, 1.54) is 0 Å². The van der Waals surface area contributed by atoms with Crippen molar-refractivity contribution in [2.24, 2.45) is 7.05 Å². The van der Waals surface area contributed by atoms with Gasteiger partial charge in [0.2, 0.25) is 5.88 Å². The Hall–Kier alpha value is -2.73. The lowest BCUT2D eigenvalue weighted by Crippen LogP contribution is -2.40. The highest BCUT2D eigenvalue weighted by atomic mass is 35.5. The van der Waals surface area contributed by atoms with E-state index in [1.54, 1.807) is 16.8 Å². The molecule has 0 radical (unpaired) electrons. The van der Waals surface area contributed by atoms with Gasteiger partial charge in [0.25, 0.3) is 5.91 Å². The lowest BCUT2D eigenvalue weighted by molar-refractivity contribution is 0.0677. The Morgan fingerprint density at radius 1 is 1.30 bits per heavy atom. The summed E-state index contributed by atoms with van der Waals surface area (Å²) in [6.07, 6.45) is 1.76. The number of hydrogen-bond donors (Lipinski definition) is 0. The fraction of sp³-hybridized carbons (Fsp3) is 0.300. The van der Waals surface area contributed by atoms with Crippen LogP contribution in [0.2, 0.25) is 5.15 Å². The summed E-state index contributed by atoms with van der Waals surface area (Å²) in [5.41, 5.74) is 2.66. The molecule has 3 aromatic rings. The van der Waals surface area contributed by atoms with E-state index in [2.05, 4.69) is 12.0 Å². The Morgan fingerprint density at radius 2 is 2.07 bits per heavy atom. The van der Waals surface area contributed by atoms with Crippen molar-refractivity contribution < 1.29 is 9.53 Å². The molecular formula is C20H21ClN4O2. The molecule has 4 rings (SSSR count). The summed E-state index contributed by atoms with van der Waals surface area (Å²) in [6, 6.07) is 13.7. The molecule has 1 atom stereocenters. The molecule has 2 aromatic heterocycles. The molecule has 0 saturated heterocycles. The third-order valence-corrected chi connectivity index (χ3v) is 5.13. The Bertz CT molecular complexity index is 944. The number of nitrogens with zero attached hydrogens (tertiary/aromatic N) is 4. The van der Waals surface area contributed by atoms with Crippen LogP contribution in [-0.4, -0.2) is 31.7 Å². The molecule has 0 spiro atoms. The first-order valence-corrected chi connectivity index (χ1v) is 9.25. The minimum Gasteiger partial charge on any atom is -0.472 e. The number of carbonyl (C=O) groups is 1. The Balaban J connectivity index is 1.48. The Kier molecular flexibility index (Phi) is 4.66. The summed E-state index contributed by atoms with van der Waals surface area (Å²) < 4.78 is 9.52. The molecule has 1 aromatic carbocycles. The Labute approximate surface area is 162 Å². The maximum atomic E-state index is 12.8. The molecule has 27 heavy (non-hydrogen) atoms. The molecule has 0 unspecified atom stereocenters. The van der Waals surface area contributed by atoms with E-state index in [1.807, 2.05) is 53.0 Å². The van der Waals surface area contributed by atoms with Crippen molar-refractivity contribution in [1.82, 2.24) is 19.2 Å². The van der Waals surface area contributed by atoms with Gasteiger partial charge in [0, 0.05) is 25.9 Å². The molecule has 3 heterocycles. The molecule has 0 saturated carbocycles. The quantitative estimate of drug-likeness (QED) is 0.689. The first-order chi connectivity index (χ1) is 13.0. The molecule has 0 fully saturated rings. The molecule has 1 amide bonds. The van der Waals surface area contributed by atoms with Gasteiger partial charge in [-0.1, -0.05) is 41.9 Å². The van der Waals surface area contributed by atoms with E-state index < -0.39 is 0 Å². The van der Waals surface area contributed by atoms with E-state index in [0.29, 0.717) is 36.3 Å². The van der Waals surface area contributed by atoms with Crippen molar-refractivity contribution in [1.29, 1.82) is 0 Å². The second kappa shape index (κ2) is 7.12. The van der Waals surface area contributed by atoms with Crippen LogP contribution in [0, 0.1) is 0 Å². The molecule has 6 nitrogen and oxygen atoms in total. The van der Waals surface area contributed by atoms with Gasteiger partial charge in [-0.25, -0.2) is 0 Å². The summed E-state index contributed by atoms with van der Waals surface area (Å²) in [5, 5.41) is 5.11. The summed E-state index contributed by atoms with van der Waals surface area (Å²) in [5.74, 6) is 0.557. The zero-order valence-electron chi connectivity index (χ0n) is 15.3. The highest BCUT2D eigenvalue weighted by Crippen LogP contribution is 2.26. The number of amides is 1. The van der Waals surface area contributed by atoms with E-state index in [-0.39, 0.29) is 11.9 Å². The van der Waals surface area contributed by atoms with E-state index in [4.69, 9.17) is 16.3 Å².